The van der Waals surface area contributed by atoms with E-state index < -0.39 is 0 Å². The maximum absolute atomic E-state index is 4.91. The summed E-state index contributed by atoms with van der Waals surface area (Å²) in [5.74, 6) is 1.65. The first kappa shape index (κ1) is 26.0. The monoisotopic (exact) mass is 447 g/mol. The Morgan fingerprint density at radius 1 is 0.636 bits per heavy atom. The molecule has 0 unspecified atom stereocenters. The lowest BCUT2D eigenvalue weighted by molar-refractivity contribution is 0.299. The van der Waals surface area contributed by atoms with Gasteiger partial charge >= 0.3 is 0 Å². The lowest BCUT2D eigenvalue weighted by atomic mass is 9.78. The van der Waals surface area contributed by atoms with Crippen molar-refractivity contribution >= 4 is 0 Å². The van der Waals surface area contributed by atoms with E-state index in [1.54, 1.807) is 0 Å². The highest BCUT2D eigenvalue weighted by Gasteiger charge is 2.22. The number of benzene rings is 1. The zero-order chi connectivity index (χ0) is 23.1. The summed E-state index contributed by atoms with van der Waals surface area (Å²) in [5, 5.41) is 0. The standard InChI is InChI=1S/C32H49N/c1-3-5-7-9-11-13-15-27-16-20-29(21-17-27)31-24-25-32(33-26-31)30-22-18-28(19-23-30)14-12-10-8-6-4-2/h16-17,20-21,24-26,28,30H,3-15,18-19,22-23H2,1-2H3/t28-,30-. The molecule has 0 spiro atoms. The number of pyridine rings is 1. The third-order valence-electron chi connectivity index (χ3n) is 7.87. The molecule has 0 atom stereocenters. The number of unbranched alkanes of at least 4 members (excludes halogenated alkanes) is 9. The van der Waals surface area contributed by atoms with Gasteiger partial charge in [0, 0.05) is 23.4 Å². The van der Waals surface area contributed by atoms with Crippen molar-refractivity contribution < 1.29 is 0 Å². The summed E-state index contributed by atoms with van der Waals surface area (Å²) in [4.78, 5) is 4.91. The molecule has 0 bridgehead atoms. The fraction of sp³-hybridized carbons (Fsp3) is 0.656. The minimum absolute atomic E-state index is 0.676. The Kier molecular flexibility index (Phi) is 12.1. The largest absolute Gasteiger partial charge is 0.260 e. The molecule has 0 saturated heterocycles. The summed E-state index contributed by atoms with van der Waals surface area (Å²) in [6, 6.07) is 13.8. The predicted octanol–water partition coefficient (Wildman–Crippen LogP) is 10.3. The molecule has 1 aliphatic carbocycles. The van der Waals surface area contributed by atoms with E-state index in [2.05, 4.69) is 56.4 Å². The fourth-order valence-electron chi connectivity index (χ4n) is 5.57. The minimum atomic E-state index is 0.676. The molecule has 1 aliphatic rings. The van der Waals surface area contributed by atoms with Crippen molar-refractivity contribution in [1.82, 2.24) is 4.98 Å². The third kappa shape index (κ3) is 9.26. The summed E-state index contributed by atoms with van der Waals surface area (Å²) >= 11 is 0. The molecule has 1 aromatic carbocycles. The van der Waals surface area contributed by atoms with E-state index in [1.807, 2.05) is 0 Å². The van der Waals surface area contributed by atoms with E-state index in [0.717, 1.165) is 5.92 Å². The average Bonchev–Trinajstić information content (AvgIpc) is 2.87. The molecule has 1 aromatic heterocycles. The molecular formula is C32H49N. The summed E-state index contributed by atoms with van der Waals surface area (Å²) < 4.78 is 0. The molecule has 1 heteroatoms. The van der Waals surface area contributed by atoms with Crippen molar-refractivity contribution in [2.45, 2.75) is 129 Å². The highest BCUT2D eigenvalue weighted by molar-refractivity contribution is 5.62. The van der Waals surface area contributed by atoms with E-state index in [-0.39, 0.29) is 0 Å². The Labute approximate surface area is 204 Å². The number of hydrogen-bond acceptors (Lipinski definition) is 1. The SMILES string of the molecule is CCCCCCCCc1ccc(-c2ccc([C@H]3CC[C@H](CCCCCCC)CC3)nc2)cc1. The predicted molar refractivity (Wildman–Crippen MR) is 145 cm³/mol. The quantitative estimate of drug-likeness (QED) is 0.247. The van der Waals surface area contributed by atoms with Crippen LogP contribution in [0.15, 0.2) is 42.6 Å². The van der Waals surface area contributed by atoms with Crippen LogP contribution in [-0.4, -0.2) is 4.98 Å². The first-order chi connectivity index (χ1) is 16.3. The summed E-state index contributed by atoms with van der Waals surface area (Å²) in [6.45, 7) is 4.59. The molecule has 1 nitrogen and oxygen atoms in total. The second kappa shape index (κ2) is 15.3. The van der Waals surface area contributed by atoms with Crippen LogP contribution in [0, 0.1) is 5.92 Å². The topological polar surface area (TPSA) is 12.9 Å². The molecule has 0 N–H and O–H groups in total. The van der Waals surface area contributed by atoms with Crippen LogP contribution in [0.5, 0.6) is 0 Å². The van der Waals surface area contributed by atoms with Gasteiger partial charge in [0.25, 0.3) is 0 Å². The van der Waals surface area contributed by atoms with Crippen molar-refractivity contribution in [2.75, 3.05) is 0 Å². The van der Waals surface area contributed by atoms with Crippen LogP contribution >= 0.6 is 0 Å². The summed E-state index contributed by atoms with van der Waals surface area (Å²) in [5.41, 5.74) is 5.35. The molecule has 0 aliphatic heterocycles. The molecule has 1 heterocycles. The maximum atomic E-state index is 4.91. The normalized spacial score (nSPS) is 18.5. The zero-order valence-electron chi connectivity index (χ0n) is 21.7. The molecule has 1 fully saturated rings. The Balaban J connectivity index is 1.39. The van der Waals surface area contributed by atoms with Gasteiger partial charge in [-0.15, -0.1) is 0 Å². The summed E-state index contributed by atoms with van der Waals surface area (Å²) in [7, 11) is 0. The Morgan fingerprint density at radius 2 is 1.24 bits per heavy atom. The van der Waals surface area contributed by atoms with Gasteiger partial charge in [0.1, 0.15) is 0 Å². The lowest BCUT2D eigenvalue weighted by Crippen LogP contribution is -2.14. The second-order valence-corrected chi connectivity index (χ2v) is 10.6. The van der Waals surface area contributed by atoms with Gasteiger partial charge in [-0.2, -0.15) is 0 Å². The van der Waals surface area contributed by atoms with Crippen LogP contribution in [0.2, 0.25) is 0 Å². The number of aryl methyl sites for hydroxylation is 1. The Hall–Kier alpha value is -1.63. The van der Waals surface area contributed by atoms with Gasteiger partial charge < -0.3 is 0 Å². The number of nitrogens with zero attached hydrogens (tertiary/aromatic N) is 1. The van der Waals surface area contributed by atoms with Gasteiger partial charge in [0.2, 0.25) is 0 Å². The molecule has 33 heavy (non-hydrogen) atoms. The average molecular weight is 448 g/mol. The van der Waals surface area contributed by atoms with Gasteiger partial charge in [0.05, 0.1) is 0 Å². The van der Waals surface area contributed by atoms with Gasteiger partial charge in [-0.3, -0.25) is 4.98 Å². The second-order valence-electron chi connectivity index (χ2n) is 10.6. The minimum Gasteiger partial charge on any atom is -0.260 e. The fourth-order valence-corrected chi connectivity index (χ4v) is 5.57. The van der Waals surface area contributed by atoms with E-state index in [4.69, 9.17) is 4.98 Å². The lowest BCUT2D eigenvalue weighted by Gasteiger charge is -2.28. The Bertz CT molecular complexity index is 737. The van der Waals surface area contributed by atoms with Crippen LogP contribution in [0.1, 0.15) is 134 Å². The summed E-state index contributed by atoms with van der Waals surface area (Å²) in [6.07, 6.45) is 25.5. The maximum Gasteiger partial charge on any atom is 0.0434 e. The van der Waals surface area contributed by atoms with Crippen molar-refractivity contribution in [3.05, 3.63) is 53.9 Å². The van der Waals surface area contributed by atoms with Crippen LogP contribution in [0.3, 0.4) is 0 Å². The molecule has 182 valence electrons. The van der Waals surface area contributed by atoms with Gasteiger partial charge in [-0.1, -0.05) is 115 Å². The third-order valence-corrected chi connectivity index (χ3v) is 7.87. The smallest absolute Gasteiger partial charge is 0.0434 e. The van der Waals surface area contributed by atoms with Gasteiger partial charge in [-0.05, 0) is 61.6 Å². The van der Waals surface area contributed by atoms with Crippen LogP contribution in [-0.2, 0) is 6.42 Å². The van der Waals surface area contributed by atoms with E-state index in [0.29, 0.717) is 5.92 Å². The molecule has 3 rings (SSSR count). The first-order valence-electron chi connectivity index (χ1n) is 14.4. The van der Waals surface area contributed by atoms with Crippen LogP contribution < -0.4 is 0 Å². The number of hydrogen-bond donors (Lipinski definition) is 0. The molecule has 0 amide bonds. The van der Waals surface area contributed by atoms with Gasteiger partial charge in [0.15, 0.2) is 0 Å². The van der Waals surface area contributed by atoms with E-state index in [1.165, 1.54) is 132 Å². The van der Waals surface area contributed by atoms with Crippen molar-refractivity contribution in [2.24, 2.45) is 5.92 Å². The molecule has 1 saturated carbocycles. The highest BCUT2D eigenvalue weighted by Crippen LogP contribution is 2.37. The van der Waals surface area contributed by atoms with Crippen molar-refractivity contribution in [3.63, 3.8) is 0 Å². The molecule has 2 aromatic rings. The zero-order valence-corrected chi connectivity index (χ0v) is 21.7. The van der Waals surface area contributed by atoms with Crippen molar-refractivity contribution in [1.29, 1.82) is 0 Å². The number of aromatic nitrogens is 1. The highest BCUT2D eigenvalue weighted by atomic mass is 14.7. The van der Waals surface area contributed by atoms with Gasteiger partial charge in [-0.25, -0.2) is 0 Å². The number of rotatable bonds is 15. The molecular weight excluding hydrogens is 398 g/mol. The van der Waals surface area contributed by atoms with E-state index in [9.17, 15) is 0 Å². The Morgan fingerprint density at radius 3 is 1.88 bits per heavy atom. The van der Waals surface area contributed by atoms with Crippen LogP contribution in [0.4, 0.5) is 0 Å². The van der Waals surface area contributed by atoms with E-state index >= 15 is 0 Å². The molecule has 0 radical (unpaired) electrons. The van der Waals surface area contributed by atoms with Crippen molar-refractivity contribution in [3.8, 4) is 11.1 Å². The first-order valence-corrected chi connectivity index (χ1v) is 14.4. The van der Waals surface area contributed by atoms with Crippen LogP contribution in [0.25, 0.3) is 11.1 Å².